The highest BCUT2D eigenvalue weighted by Crippen LogP contribution is 2.26. The fraction of sp³-hybridized carbons (Fsp3) is 1.00. The average molecular weight is 225 g/mol. The van der Waals surface area contributed by atoms with Gasteiger partial charge in [0, 0.05) is 19.0 Å². The van der Waals surface area contributed by atoms with Crippen LogP contribution in [0, 0.1) is 0 Å². The van der Waals surface area contributed by atoms with Crippen molar-refractivity contribution in [2.24, 2.45) is 0 Å². The molecule has 0 aromatic rings. The molecule has 0 saturated heterocycles. The SMILES string of the molecule is OCCN(CCCC(F)(F)F)C1CCC1. The van der Waals surface area contributed by atoms with E-state index < -0.39 is 12.6 Å². The highest BCUT2D eigenvalue weighted by Gasteiger charge is 2.28. The van der Waals surface area contributed by atoms with E-state index in [4.69, 9.17) is 5.11 Å². The average Bonchev–Trinajstić information content (AvgIpc) is 1.98. The van der Waals surface area contributed by atoms with Crippen LogP contribution in [0.3, 0.4) is 0 Å². The summed E-state index contributed by atoms with van der Waals surface area (Å²) in [7, 11) is 0. The van der Waals surface area contributed by atoms with Gasteiger partial charge in [-0.3, -0.25) is 4.90 Å². The van der Waals surface area contributed by atoms with Crippen molar-refractivity contribution < 1.29 is 18.3 Å². The van der Waals surface area contributed by atoms with Gasteiger partial charge in [-0.1, -0.05) is 6.42 Å². The van der Waals surface area contributed by atoms with Gasteiger partial charge in [0.15, 0.2) is 0 Å². The van der Waals surface area contributed by atoms with Crippen LogP contribution >= 0.6 is 0 Å². The standard InChI is InChI=1S/C10H18F3NO/c11-10(12,13)5-2-6-14(7-8-15)9-3-1-4-9/h9,15H,1-8H2. The Hall–Kier alpha value is -0.290. The number of alkyl halides is 3. The van der Waals surface area contributed by atoms with Crippen molar-refractivity contribution in [1.82, 2.24) is 4.90 Å². The van der Waals surface area contributed by atoms with Crippen molar-refractivity contribution in [3.05, 3.63) is 0 Å². The van der Waals surface area contributed by atoms with Gasteiger partial charge in [0.05, 0.1) is 6.61 Å². The van der Waals surface area contributed by atoms with Crippen LogP contribution in [0.2, 0.25) is 0 Å². The monoisotopic (exact) mass is 225 g/mol. The number of hydrogen-bond acceptors (Lipinski definition) is 2. The molecule has 90 valence electrons. The zero-order chi connectivity index (χ0) is 11.3. The van der Waals surface area contributed by atoms with E-state index in [-0.39, 0.29) is 13.0 Å². The van der Waals surface area contributed by atoms with Crippen LogP contribution in [0.4, 0.5) is 13.2 Å². The van der Waals surface area contributed by atoms with E-state index in [2.05, 4.69) is 0 Å². The highest BCUT2D eigenvalue weighted by molar-refractivity contribution is 4.79. The van der Waals surface area contributed by atoms with Gasteiger partial charge >= 0.3 is 6.18 Å². The first-order chi connectivity index (χ1) is 7.03. The fourth-order valence-electron chi connectivity index (χ4n) is 1.84. The summed E-state index contributed by atoms with van der Waals surface area (Å²) in [5, 5.41) is 8.80. The lowest BCUT2D eigenvalue weighted by atomic mass is 9.91. The smallest absolute Gasteiger partial charge is 0.389 e. The molecule has 5 heteroatoms. The zero-order valence-electron chi connectivity index (χ0n) is 8.76. The summed E-state index contributed by atoms with van der Waals surface area (Å²) < 4.78 is 35.8. The maximum absolute atomic E-state index is 11.9. The minimum absolute atomic E-state index is 0.0303. The summed E-state index contributed by atoms with van der Waals surface area (Å²) in [6, 6.07) is 0.408. The molecule has 15 heavy (non-hydrogen) atoms. The van der Waals surface area contributed by atoms with E-state index in [1.165, 1.54) is 0 Å². The highest BCUT2D eigenvalue weighted by atomic mass is 19.4. The van der Waals surface area contributed by atoms with Crippen LogP contribution in [0.5, 0.6) is 0 Å². The Labute approximate surface area is 88.1 Å². The zero-order valence-corrected chi connectivity index (χ0v) is 8.76. The molecule has 0 bridgehead atoms. The third kappa shape index (κ3) is 4.84. The number of aliphatic hydroxyl groups is 1. The molecule has 2 nitrogen and oxygen atoms in total. The Balaban J connectivity index is 2.19. The van der Waals surface area contributed by atoms with Gasteiger partial charge in [0.25, 0.3) is 0 Å². The molecule has 1 fully saturated rings. The molecular formula is C10H18F3NO. The second-order valence-corrected chi connectivity index (χ2v) is 4.06. The summed E-state index contributed by atoms with van der Waals surface area (Å²) in [5.41, 5.74) is 0. The quantitative estimate of drug-likeness (QED) is 0.749. The van der Waals surface area contributed by atoms with Crippen molar-refractivity contribution in [3.8, 4) is 0 Å². The Morgan fingerprint density at radius 1 is 1.20 bits per heavy atom. The fourth-order valence-corrected chi connectivity index (χ4v) is 1.84. The van der Waals surface area contributed by atoms with Gasteiger partial charge in [0.1, 0.15) is 0 Å². The largest absolute Gasteiger partial charge is 0.395 e. The molecule has 0 spiro atoms. The Morgan fingerprint density at radius 2 is 1.87 bits per heavy atom. The molecular weight excluding hydrogens is 207 g/mol. The second-order valence-electron chi connectivity index (χ2n) is 4.06. The maximum atomic E-state index is 11.9. The first-order valence-corrected chi connectivity index (χ1v) is 5.44. The van der Waals surface area contributed by atoms with Crippen LogP contribution in [0.15, 0.2) is 0 Å². The van der Waals surface area contributed by atoms with E-state index >= 15 is 0 Å². The third-order valence-electron chi connectivity index (χ3n) is 2.88. The van der Waals surface area contributed by atoms with E-state index in [0.717, 1.165) is 19.3 Å². The molecule has 1 saturated carbocycles. The summed E-state index contributed by atoms with van der Waals surface area (Å²) in [6.45, 7) is 0.982. The summed E-state index contributed by atoms with van der Waals surface area (Å²) in [4.78, 5) is 1.98. The van der Waals surface area contributed by atoms with Crippen LogP contribution < -0.4 is 0 Å². The Bertz CT molecular complexity index is 180. The van der Waals surface area contributed by atoms with Crippen molar-refractivity contribution in [3.63, 3.8) is 0 Å². The first kappa shape index (κ1) is 12.8. The molecule has 0 aromatic heterocycles. The number of halogens is 3. The van der Waals surface area contributed by atoms with Crippen molar-refractivity contribution in [2.75, 3.05) is 19.7 Å². The van der Waals surface area contributed by atoms with Crippen LogP contribution in [-0.2, 0) is 0 Å². The maximum Gasteiger partial charge on any atom is 0.389 e. The van der Waals surface area contributed by atoms with Crippen molar-refractivity contribution in [1.29, 1.82) is 0 Å². The molecule has 1 N–H and O–H groups in total. The van der Waals surface area contributed by atoms with Gasteiger partial charge in [-0.05, 0) is 25.8 Å². The van der Waals surface area contributed by atoms with Gasteiger partial charge < -0.3 is 5.11 Å². The van der Waals surface area contributed by atoms with Crippen LogP contribution in [0.1, 0.15) is 32.1 Å². The second kappa shape index (κ2) is 5.70. The molecule has 0 radical (unpaired) electrons. The van der Waals surface area contributed by atoms with E-state index in [9.17, 15) is 13.2 Å². The summed E-state index contributed by atoms with van der Waals surface area (Å²) in [5.74, 6) is 0. The molecule has 0 heterocycles. The van der Waals surface area contributed by atoms with Gasteiger partial charge in [-0.2, -0.15) is 13.2 Å². The molecule has 1 rings (SSSR count). The first-order valence-electron chi connectivity index (χ1n) is 5.44. The topological polar surface area (TPSA) is 23.5 Å². The molecule has 0 unspecified atom stereocenters. The Kier molecular flexibility index (Phi) is 4.86. The molecule has 0 aromatic carbocycles. The minimum atomic E-state index is -4.05. The lowest BCUT2D eigenvalue weighted by molar-refractivity contribution is -0.136. The minimum Gasteiger partial charge on any atom is -0.395 e. The predicted molar refractivity (Wildman–Crippen MR) is 51.6 cm³/mol. The molecule has 1 aliphatic carbocycles. The predicted octanol–water partition coefficient (Wildman–Crippen LogP) is 2.18. The number of rotatable bonds is 6. The normalized spacial score (nSPS) is 18.2. The van der Waals surface area contributed by atoms with Crippen LogP contribution in [0.25, 0.3) is 0 Å². The van der Waals surface area contributed by atoms with E-state index in [0.29, 0.717) is 19.1 Å². The summed E-state index contributed by atoms with van der Waals surface area (Å²) in [6.07, 6.45) is -1.35. The van der Waals surface area contributed by atoms with Gasteiger partial charge in [0.2, 0.25) is 0 Å². The van der Waals surface area contributed by atoms with Crippen molar-refractivity contribution in [2.45, 2.75) is 44.3 Å². The van der Waals surface area contributed by atoms with E-state index in [1.54, 1.807) is 0 Å². The van der Waals surface area contributed by atoms with Crippen LogP contribution in [-0.4, -0.2) is 41.9 Å². The molecule has 0 atom stereocenters. The van der Waals surface area contributed by atoms with Crippen molar-refractivity contribution >= 4 is 0 Å². The Morgan fingerprint density at radius 3 is 2.27 bits per heavy atom. The molecule has 1 aliphatic rings. The molecule has 0 amide bonds. The van der Waals surface area contributed by atoms with E-state index in [1.807, 2.05) is 4.90 Å². The number of aliphatic hydroxyl groups excluding tert-OH is 1. The number of nitrogens with zero attached hydrogens (tertiary/aromatic N) is 1. The number of hydrogen-bond donors (Lipinski definition) is 1. The van der Waals surface area contributed by atoms with Gasteiger partial charge in [-0.15, -0.1) is 0 Å². The molecule has 0 aliphatic heterocycles. The lowest BCUT2D eigenvalue weighted by Gasteiger charge is -2.37. The van der Waals surface area contributed by atoms with Gasteiger partial charge in [-0.25, -0.2) is 0 Å². The summed E-state index contributed by atoms with van der Waals surface area (Å²) >= 11 is 0. The lowest BCUT2D eigenvalue weighted by Crippen LogP contribution is -2.42. The third-order valence-corrected chi connectivity index (χ3v) is 2.88.